The molecule has 2 atom stereocenters. The highest BCUT2D eigenvalue weighted by Crippen LogP contribution is 2.54. The van der Waals surface area contributed by atoms with Gasteiger partial charge in [0.05, 0.1) is 24.2 Å². The first-order valence-corrected chi connectivity index (χ1v) is 7.67. The summed E-state index contributed by atoms with van der Waals surface area (Å²) in [5.74, 6) is 0.125. The second-order valence-corrected chi connectivity index (χ2v) is 5.92. The Hall–Kier alpha value is -3.49. The fraction of sp³-hybridized carbons (Fsp3) is 0.235. The fourth-order valence-corrected chi connectivity index (χ4v) is 3.59. The van der Waals surface area contributed by atoms with Crippen LogP contribution in [0.2, 0.25) is 0 Å². The number of anilines is 2. The van der Waals surface area contributed by atoms with Crippen LogP contribution in [0, 0.1) is 28.6 Å². The van der Waals surface area contributed by atoms with Gasteiger partial charge in [-0.2, -0.15) is 15.5 Å². The summed E-state index contributed by atoms with van der Waals surface area (Å²) >= 11 is 0. The van der Waals surface area contributed by atoms with Crippen LogP contribution in [0.1, 0.15) is 22.6 Å². The number of hydrogen-bond donors (Lipinski definition) is 3. The average Bonchev–Trinajstić information content (AvgIpc) is 2.61. The molecule has 4 N–H and O–H groups in total. The third-order valence-corrected chi connectivity index (χ3v) is 4.65. The molecule has 2 aliphatic rings. The van der Waals surface area contributed by atoms with E-state index < -0.39 is 0 Å². The van der Waals surface area contributed by atoms with Crippen LogP contribution < -0.4 is 20.9 Å². The number of benzene rings is 1. The predicted octanol–water partition coefficient (Wildman–Crippen LogP) is 1.57. The minimum absolute atomic E-state index is 0.0604. The smallest absolute Gasteiger partial charge is 0.227 e. The van der Waals surface area contributed by atoms with Crippen LogP contribution in [-0.4, -0.2) is 23.7 Å². The molecule has 25 heavy (non-hydrogen) atoms. The molecule has 0 fully saturated rings. The van der Waals surface area contributed by atoms with Gasteiger partial charge >= 0.3 is 0 Å². The number of phenols is 1. The number of nitrogens with one attached hydrogen (secondary N) is 1. The highest BCUT2D eigenvalue weighted by atomic mass is 16.5. The fourth-order valence-electron chi connectivity index (χ4n) is 3.59. The number of aromatic hydroxyl groups is 1. The molecular weight excluding hydrogens is 320 g/mol. The van der Waals surface area contributed by atoms with E-state index in [1.165, 1.54) is 6.07 Å². The zero-order chi connectivity index (χ0) is 17.7. The molecule has 0 aliphatic carbocycles. The van der Waals surface area contributed by atoms with Gasteiger partial charge in [0, 0.05) is 30.2 Å². The van der Waals surface area contributed by atoms with E-state index >= 15 is 0 Å². The Bertz CT molecular complexity index is 975. The van der Waals surface area contributed by atoms with Crippen molar-refractivity contribution >= 4 is 11.5 Å². The molecule has 0 radical (unpaired) electrons. The van der Waals surface area contributed by atoms with E-state index in [4.69, 9.17) is 10.5 Å². The second kappa shape index (κ2) is 5.26. The zero-order valence-electron chi connectivity index (χ0n) is 13.3. The lowest BCUT2D eigenvalue weighted by atomic mass is 9.76. The van der Waals surface area contributed by atoms with Crippen LogP contribution >= 0.6 is 0 Å². The van der Waals surface area contributed by atoms with Crippen LogP contribution in [0.25, 0.3) is 0 Å². The highest BCUT2D eigenvalue weighted by molar-refractivity contribution is 5.78. The highest BCUT2D eigenvalue weighted by Gasteiger charge is 2.43. The average molecular weight is 334 g/mol. The van der Waals surface area contributed by atoms with E-state index in [-0.39, 0.29) is 34.8 Å². The quantitative estimate of drug-likeness (QED) is 0.716. The minimum atomic E-state index is -0.386. The summed E-state index contributed by atoms with van der Waals surface area (Å²) in [7, 11) is 1.72. The Morgan fingerprint density at radius 3 is 2.92 bits per heavy atom. The number of rotatable bonds is 1. The van der Waals surface area contributed by atoms with Crippen molar-refractivity contribution < 1.29 is 9.84 Å². The summed E-state index contributed by atoms with van der Waals surface area (Å²) in [6, 6.07) is 9.23. The molecular formula is C17H14N6O2. The SMILES string of the molecule is CNN1CC(C#N)C2c3ccc(O)cc3Oc3nc(N)c(C#N)c1c32. The molecule has 0 saturated heterocycles. The van der Waals surface area contributed by atoms with Gasteiger partial charge in [0.2, 0.25) is 5.88 Å². The lowest BCUT2D eigenvalue weighted by Gasteiger charge is -2.41. The number of phenolic OH excluding ortho intramolecular Hbond substituents is 1. The molecule has 0 bridgehead atoms. The summed E-state index contributed by atoms with van der Waals surface area (Å²) in [5, 5.41) is 30.7. The Morgan fingerprint density at radius 2 is 2.24 bits per heavy atom. The lowest BCUT2D eigenvalue weighted by Crippen LogP contribution is -2.46. The third kappa shape index (κ3) is 1.98. The number of nitrogens with zero attached hydrogens (tertiary/aromatic N) is 4. The van der Waals surface area contributed by atoms with Crippen molar-refractivity contribution in [1.29, 1.82) is 10.5 Å². The summed E-state index contributed by atoms with van der Waals surface area (Å²) in [5.41, 5.74) is 11.2. The van der Waals surface area contributed by atoms with Gasteiger partial charge in [-0.25, -0.2) is 5.43 Å². The maximum atomic E-state index is 9.75. The lowest BCUT2D eigenvalue weighted by molar-refractivity contribution is 0.390. The Balaban J connectivity index is 2.07. The van der Waals surface area contributed by atoms with E-state index in [9.17, 15) is 15.6 Å². The van der Waals surface area contributed by atoms with Crippen molar-refractivity contribution in [3.8, 4) is 29.5 Å². The molecule has 8 nitrogen and oxygen atoms in total. The van der Waals surface area contributed by atoms with Gasteiger partial charge in [-0.15, -0.1) is 0 Å². The van der Waals surface area contributed by atoms with E-state index in [2.05, 4.69) is 22.5 Å². The molecule has 0 spiro atoms. The van der Waals surface area contributed by atoms with E-state index in [1.54, 1.807) is 24.2 Å². The van der Waals surface area contributed by atoms with Gasteiger partial charge in [0.15, 0.2) is 0 Å². The number of fused-ring (bicyclic) bond motifs is 2. The number of hydrazine groups is 1. The van der Waals surface area contributed by atoms with Crippen LogP contribution in [0.3, 0.4) is 0 Å². The summed E-state index contributed by atoms with van der Waals surface area (Å²) in [6.45, 7) is 0.378. The molecule has 1 aromatic heterocycles. The molecule has 124 valence electrons. The van der Waals surface area contributed by atoms with Crippen molar-refractivity contribution in [2.75, 3.05) is 24.3 Å². The molecule has 0 saturated carbocycles. The maximum absolute atomic E-state index is 9.75. The second-order valence-electron chi connectivity index (χ2n) is 5.92. The van der Waals surface area contributed by atoms with Gasteiger partial charge in [-0.05, 0) is 6.07 Å². The van der Waals surface area contributed by atoms with Gasteiger partial charge in [-0.3, -0.25) is 0 Å². The number of nitriles is 2. The van der Waals surface area contributed by atoms with Gasteiger partial charge in [0.1, 0.15) is 28.9 Å². The number of nitrogen functional groups attached to an aromatic ring is 1. The van der Waals surface area contributed by atoms with Gasteiger partial charge in [0.25, 0.3) is 0 Å². The first-order valence-electron chi connectivity index (χ1n) is 7.67. The van der Waals surface area contributed by atoms with Crippen molar-refractivity contribution in [3.05, 3.63) is 34.9 Å². The molecule has 4 rings (SSSR count). The molecule has 8 heteroatoms. The number of ether oxygens (including phenoxy) is 1. The Kier molecular flexibility index (Phi) is 3.17. The van der Waals surface area contributed by atoms with Gasteiger partial charge in [-0.1, -0.05) is 6.07 Å². The van der Waals surface area contributed by atoms with Crippen LogP contribution in [0.4, 0.5) is 11.5 Å². The Labute approximate surface area is 143 Å². The summed E-state index contributed by atoms with van der Waals surface area (Å²) in [4.78, 5) is 4.23. The number of nitrogens with two attached hydrogens (primary N) is 1. The molecule has 2 aliphatic heterocycles. The van der Waals surface area contributed by atoms with Crippen LogP contribution in [-0.2, 0) is 0 Å². The molecule has 2 unspecified atom stereocenters. The third-order valence-electron chi connectivity index (χ3n) is 4.65. The van der Waals surface area contributed by atoms with Gasteiger partial charge < -0.3 is 20.6 Å². The van der Waals surface area contributed by atoms with E-state index in [1.807, 2.05) is 0 Å². The van der Waals surface area contributed by atoms with E-state index in [0.29, 0.717) is 23.5 Å². The minimum Gasteiger partial charge on any atom is -0.508 e. The van der Waals surface area contributed by atoms with Crippen LogP contribution in [0.5, 0.6) is 17.4 Å². The topological polar surface area (TPSA) is 131 Å². The number of aromatic nitrogens is 1. The molecule has 1 aromatic carbocycles. The predicted molar refractivity (Wildman–Crippen MR) is 88.9 cm³/mol. The number of hydrogen-bond acceptors (Lipinski definition) is 8. The van der Waals surface area contributed by atoms with E-state index in [0.717, 1.165) is 5.56 Å². The first-order chi connectivity index (χ1) is 12.1. The molecule has 2 aromatic rings. The van der Waals surface area contributed by atoms with Crippen molar-refractivity contribution in [2.45, 2.75) is 5.92 Å². The standard InChI is InChI=1S/C17H14N6O2/c1-21-23-7-8(5-18)13-10-3-2-9(24)4-12(10)25-17-14(13)15(23)11(6-19)16(20)22-17/h2-4,8,13,21,24H,7H2,1H3,(H2,20,22). The van der Waals surface area contributed by atoms with Crippen molar-refractivity contribution in [3.63, 3.8) is 0 Å². The Morgan fingerprint density at radius 1 is 1.44 bits per heavy atom. The normalized spacial score (nSPS) is 19.9. The monoisotopic (exact) mass is 334 g/mol. The van der Waals surface area contributed by atoms with Crippen molar-refractivity contribution in [1.82, 2.24) is 10.4 Å². The summed E-state index contributed by atoms with van der Waals surface area (Å²) in [6.07, 6.45) is 0. The molecule has 0 amide bonds. The molecule has 3 heterocycles. The number of pyridine rings is 1. The first kappa shape index (κ1) is 15.1. The zero-order valence-corrected chi connectivity index (χ0v) is 13.3. The maximum Gasteiger partial charge on any atom is 0.227 e. The largest absolute Gasteiger partial charge is 0.508 e. The van der Waals surface area contributed by atoms with Crippen molar-refractivity contribution in [2.24, 2.45) is 5.92 Å². The van der Waals surface area contributed by atoms with Crippen LogP contribution in [0.15, 0.2) is 18.2 Å². The summed E-state index contributed by atoms with van der Waals surface area (Å²) < 4.78 is 5.85.